The van der Waals surface area contributed by atoms with Crippen LogP contribution in [0.25, 0.3) is 0 Å². The summed E-state index contributed by atoms with van der Waals surface area (Å²) in [6.07, 6.45) is 9.24. The Kier molecular flexibility index (Phi) is 5.64. The van der Waals surface area contributed by atoms with Crippen molar-refractivity contribution in [3.05, 3.63) is 0 Å². The van der Waals surface area contributed by atoms with Crippen molar-refractivity contribution in [2.24, 2.45) is 17.3 Å². The highest BCUT2D eigenvalue weighted by molar-refractivity contribution is 6.20. The average molecular weight is 245 g/mol. The molecule has 0 heterocycles. The van der Waals surface area contributed by atoms with Crippen molar-refractivity contribution in [3.8, 4) is 0 Å². The van der Waals surface area contributed by atoms with Gasteiger partial charge >= 0.3 is 0 Å². The van der Waals surface area contributed by atoms with E-state index in [1.165, 1.54) is 44.9 Å². The molecule has 0 N–H and O–H groups in total. The SMILES string of the molecule is CCC[C@H](C1CCC(Cl)CC1)C(C)(C)CC. The molecule has 0 aliphatic heterocycles. The van der Waals surface area contributed by atoms with Crippen molar-refractivity contribution in [2.45, 2.75) is 78.0 Å². The molecule has 0 amide bonds. The molecule has 1 saturated carbocycles. The summed E-state index contributed by atoms with van der Waals surface area (Å²) < 4.78 is 0. The smallest absolute Gasteiger partial charge is 0.0336 e. The van der Waals surface area contributed by atoms with E-state index in [1.807, 2.05) is 0 Å². The maximum Gasteiger partial charge on any atom is 0.0336 e. The van der Waals surface area contributed by atoms with Gasteiger partial charge in [0.1, 0.15) is 0 Å². The monoisotopic (exact) mass is 244 g/mol. The van der Waals surface area contributed by atoms with Crippen LogP contribution in [0.3, 0.4) is 0 Å². The third-order valence-corrected chi connectivity index (χ3v) is 5.22. The maximum atomic E-state index is 6.21. The van der Waals surface area contributed by atoms with E-state index < -0.39 is 0 Å². The summed E-state index contributed by atoms with van der Waals surface area (Å²) in [5.74, 6) is 1.84. The Morgan fingerprint density at radius 2 is 1.69 bits per heavy atom. The Balaban J connectivity index is 2.62. The Bertz CT molecular complexity index is 190. The van der Waals surface area contributed by atoms with Gasteiger partial charge in [-0.2, -0.15) is 0 Å². The van der Waals surface area contributed by atoms with Crippen molar-refractivity contribution in [1.82, 2.24) is 0 Å². The van der Waals surface area contributed by atoms with Crippen molar-refractivity contribution in [3.63, 3.8) is 0 Å². The summed E-state index contributed by atoms with van der Waals surface area (Å²) in [7, 11) is 0. The molecular formula is C15H29Cl. The molecule has 16 heavy (non-hydrogen) atoms. The quantitative estimate of drug-likeness (QED) is 0.550. The lowest BCUT2D eigenvalue weighted by atomic mass is 9.64. The number of halogens is 1. The maximum absolute atomic E-state index is 6.21. The molecule has 0 bridgehead atoms. The molecule has 1 heteroatoms. The van der Waals surface area contributed by atoms with Gasteiger partial charge in [-0.25, -0.2) is 0 Å². The third kappa shape index (κ3) is 3.65. The van der Waals surface area contributed by atoms with Gasteiger partial charge in [0.05, 0.1) is 0 Å². The van der Waals surface area contributed by atoms with Crippen LogP contribution in [-0.2, 0) is 0 Å². The van der Waals surface area contributed by atoms with Crippen molar-refractivity contribution >= 4 is 11.6 Å². The molecule has 1 aliphatic carbocycles. The van der Waals surface area contributed by atoms with Gasteiger partial charge in [-0.15, -0.1) is 11.6 Å². The molecule has 0 aromatic carbocycles. The minimum atomic E-state index is 0.461. The second kappa shape index (κ2) is 6.28. The molecule has 0 aromatic rings. The summed E-state index contributed by atoms with van der Waals surface area (Å²) in [5.41, 5.74) is 0.514. The standard InChI is InChI=1S/C15H29Cl/c1-5-7-14(15(3,4)6-2)12-8-10-13(16)11-9-12/h12-14H,5-11H2,1-4H3/t12?,13?,14-/m1/s1. The first-order valence-corrected chi connectivity index (χ1v) is 7.59. The lowest BCUT2D eigenvalue weighted by molar-refractivity contribution is 0.0955. The molecule has 0 aromatic heterocycles. The van der Waals surface area contributed by atoms with Crippen molar-refractivity contribution in [1.29, 1.82) is 0 Å². The highest BCUT2D eigenvalue weighted by atomic mass is 35.5. The van der Waals surface area contributed by atoms with Gasteiger partial charge in [0.15, 0.2) is 0 Å². The predicted octanol–water partition coefficient (Wildman–Crippen LogP) is 5.64. The molecule has 0 unspecified atom stereocenters. The van der Waals surface area contributed by atoms with E-state index in [1.54, 1.807) is 0 Å². The Hall–Kier alpha value is 0.290. The van der Waals surface area contributed by atoms with E-state index in [4.69, 9.17) is 11.6 Å². The summed E-state index contributed by atoms with van der Waals surface area (Å²) in [4.78, 5) is 0. The second-order valence-electron chi connectivity index (χ2n) is 6.25. The highest BCUT2D eigenvalue weighted by Gasteiger charge is 2.35. The molecule has 0 spiro atoms. The lowest BCUT2D eigenvalue weighted by Crippen LogP contribution is -2.32. The Labute approximate surface area is 107 Å². The molecule has 0 saturated heterocycles. The number of rotatable bonds is 5. The lowest BCUT2D eigenvalue weighted by Gasteiger charge is -2.41. The molecule has 0 nitrogen and oxygen atoms in total. The van der Waals surface area contributed by atoms with E-state index in [9.17, 15) is 0 Å². The minimum Gasteiger partial charge on any atom is -0.123 e. The Morgan fingerprint density at radius 3 is 2.12 bits per heavy atom. The number of hydrogen-bond donors (Lipinski definition) is 0. The normalized spacial score (nSPS) is 29.1. The third-order valence-electron chi connectivity index (χ3n) is 4.79. The zero-order valence-electron chi connectivity index (χ0n) is 11.6. The summed E-state index contributed by atoms with van der Waals surface area (Å²) >= 11 is 6.21. The van der Waals surface area contributed by atoms with Gasteiger partial charge in [0, 0.05) is 5.38 Å². The summed E-state index contributed by atoms with van der Waals surface area (Å²) in [5, 5.41) is 0.461. The van der Waals surface area contributed by atoms with Crippen molar-refractivity contribution in [2.75, 3.05) is 0 Å². The predicted molar refractivity (Wildman–Crippen MR) is 74.1 cm³/mol. The van der Waals surface area contributed by atoms with Gasteiger partial charge in [-0.1, -0.05) is 40.5 Å². The van der Waals surface area contributed by atoms with Crippen LogP contribution in [0.4, 0.5) is 0 Å². The topological polar surface area (TPSA) is 0 Å². The van der Waals surface area contributed by atoms with Gasteiger partial charge < -0.3 is 0 Å². The van der Waals surface area contributed by atoms with E-state index in [-0.39, 0.29) is 0 Å². The van der Waals surface area contributed by atoms with Crippen molar-refractivity contribution < 1.29 is 0 Å². The summed E-state index contributed by atoms with van der Waals surface area (Å²) in [6, 6.07) is 0. The zero-order chi connectivity index (χ0) is 12.2. The number of hydrogen-bond acceptors (Lipinski definition) is 0. The van der Waals surface area contributed by atoms with Gasteiger partial charge in [-0.05, 0) is 49.4 Å². The zero-order valence-corrected chi connectivity index (χ0v) is 12.3. The molecule has 1 aliphatic rings. The second-order valence-corrected chi connectivity index (χ2v) is 6.87. The molecule has 1 atom stereocenters. The Morgan fingerprint density at radius 1 is 1.12 bits per heavy atom. The van der Waals surface area contributed by atoms with Crippen LogP contribution in [0.2, 0.25) is 0 Å². The molecule has 0 radical (unpaired) electrons. The van der Waals surface area contributed by atoms with E-state index in [0.29, 0.717) is 10.8 Å². The van der Waals surface area contributed by atoms with E-state index in [0.717, 1.165) is 11.8 Å². The van der Waals surface area contributed by atoms with Crippen LogP contribution in [0, 0.1) is 17.3 Å². The van der Waals surface area contributed by atoms with Crippen LogP contribution in [0.15, 0.2) is 0 Å². The van der Waals surface area contributed by atoms with Crippen LogP contribution in [0.1, 0.15) is 72.6 Å². The minimum absolute atomic E-state index is 0.461. The van der Waals surface area contributed by atoms with Crippen LogP contribution >= 0.6 is 11.6 Å². The first-order chi connectivity index (χ1) is 7.51. The molecular weight excluding hydrogens is 216 g/mol. The average Bonchev–Trinajstić information content (AvgIpc) is 2.27. The largest absolute Gasteiger partial charge is 0.123 e. The fourth-order valence-electron chi connectivity index (χ4n) is 3.32. The molecule has 1 rings (SSSR count). The molecule has 96 valence electrons. The first-order valence-electron chi connectivity index (χ1n) is 7.15. The summed E-state index contributed by atoms with van der Waals surface area (Å²) in [6.45, 7) is 9.59. The van der Waals surface area contributed by atoms with Gasteiger partial charge in [0.25, 0.3) is 0 Å². The van der Waals surface area contributed by atoms with Crippen LogP contribution < -0.4 is 0 Å². The highest BCUT2D eigenvalue weighted by Crippen LogP contribution is 2.44. The fraction of sp³-hybridized carbons (Fsp3) is 1.00. The molecule has 1 fully saturated rings. The first kappa shape index (κ1) is 14.4. The fourth-order valence-corrected chi connectivity index (χ4v) is 3.57. The van der Waals surface area contributed by atoms with Crippen LogP contribution in [-0.4, -0.2) is 5.38 Å². The number of alkyl halides is 1. The van der Waals surface area contributed by atoms with Gasteiger partial charge in [-0.3, -0.25) is 0 Å². The van der Waals surface area contributed by atoms with E-state index >= 15 is 0 Å². The van der Waals surface area contributed by atoms with E-state index in [2.05, 4.69) is 27.7 Å². The van der Waals surface area contributed by atoms with Gasteiger partial charge in [0.2, 0.25) is 0 Å². The van der Waals surface area contributed by atoms with Crippen LogP contribution in [0.5, 0.6) is 0 Å².